The number of sulfonamides is 1. The SMILES string of the molecule is COCCNS(=O)(=O)Cc1cccc(C)c1. The van der Waals surface area contributed by atoms with Crippen molar-refractivity contribution in [2.45, 2.75) is 12.7 Å². The molecule has 1 N–H and O–H groups in total. The fraction of sp³-hybridized carbons (Fsp3) is 0.455. The van der Waals surface area contributed by atoms with E-state index in [1.165, 1.54) is 7.11 Å². The van der Waals surface area contributed by atoms with Gasteiger partial charge in [0, 0.05) is 13.7 Å². The molecule has 0 saturated heterocycles. The van der Waals surface area contributed by atoms with Crippen molar-refractivity contribution in [1.29, 1.82) is 0 Å². The Morgan fingerprint density at radius 3 is 2.75 bits per heavy atom. The van der Waals surface area contributed by atoms with Gasteiger partial charge in [0.25, 0.3) is 0 Å². The van der Waals surface area contributed by atoms with Crippen LogP contribution in [-0.2, 0) is 20.5 Å². The maximum atomic E-state index is 11.6. The highest BCUT2D eigenvalue weighted by Gasteiger charge is 2.10. The van der Waals surface area contributed by atoms with Crippen LogP contribution in [0.4, 0.5) is 0 Å². The molecule has 0 saturated carbocycles. The van der Waals surface area contributed by atoms with Gasteiger partial charge in [-0.15, -0.1) is 0 Å². The van der Waals surface area contributed by atoms with Gasteiger partial charge in [-0.2, -0.15) is 0 Å². The Bertz CT molecular complexity index is 429. The van der Waals surface area contributed by atoms with Crippen LogP contribution in [0.1, 0.15) is 11.1 Å². The van der Waals surface area contributed by atoms with E-state index in [4.69, 9.17) is 4.74 Å². The molecule has 0 fully saturated rings. The summed E-state index contributed by atoms with van der Waals surface area (Å²) >= 11 is 0. The molecule has 16 heavy (non-hydrogen) atoms. The first-order valence-electron chi connectivity index (χ1n) is 5.05. The number of nitrogens with one attached hydrogen (secondary N) is 1. The summed E-state index contributed by atoms with van der Waals surface area (Å²) in [7, 11) is -1.72. The number of hydrogen-bond donors (Lipinski definition) is 1. The topological polar surface area (TPSA) is 55.4 Å². The van der Waals surface area contributed by atoms with Crippen molar-refractivity contribution < 1.29 is 13.2 Å². The lowest BCUT2D eigenvalue weighted by molar-refractivity contribution is 0.204. The van der Waals surface area contributed by atoms with Crippen molar-refractivity contribution in [3.8, 4) is 0 Å². The monoisotopic (exact) mass is 243 g/mol. The molecule has 1 rings (SSSR count). The minimum atomic E-state index is -3.25. The summed E-state index contributed by atoms with van der Waals surface area (Å²) in [5, 5.41) is 0. The molecule has 0 atom stereocenters. The van der Waals surface area contributed by atoms with Gasteiger partial charge in [-0.05, 0) is 12.5 Å². The Labute approximate surface area is 96.7 Å². The van der Waals surface area contributed by atoms with E-state index in [-0.39, 0.29) is 5.75 Å². The molecule has 0 unspecified atom stereocenters. The maximum absolute atomic E-state index is 11.6. The summed E-state index contributed by atoms with van der Waals surface area (Å²) in [6.45, 7) is 2.63. The number of methoxy groups -OCH3 is 1. The van der Waals surface area contributed by atoms with Crippen LogP contribution < -0.4 is 4.72 Å². The van der Waals surface area contributed by atoms with Crippen LogP contribution in [0.2, 0.25) is 0 Å². The second kappa shape index (κ2) is 5.98. The van der Waals surface area contributed by atoms with Crippen LogP contribution in [-0.4, -0.2) is 28.7 Å². The minimum absolute atomic E-state index is 0.0123. The minimum Gasteiger partial charge on any atom is -0.383 e. The number of aryl methyl sites for hydroxylation is 1. The number of ether oxygens (including phenoxy) is 1. The molecular weight excluding hydrogens is 226 g/mol. The molecule has 0 bridgehead atoms. The Morgan fingerprint density at radius 1 is 1.38 bits per heavy atom. The van der Waals surface area contributed by atoms with Gasteiger partial charge in [0.2, 0.25) is 10.0 Å². The van der Waals surface area contributed by atoms with E-state index in [0.717, 1.165) is 11.1 Å². The van der Waals surface area contributed by atoms with Gasteiger partial charge in [0.1, 0.15) is 0 Å². The van der Waals surface area contributed by atoms with E-state index in [1.807, 2.05) is 31.2 Å². The van der Waals surface area contributed by atoms with E-state index < -0.39 is 10.0 Å². The first-order valence-corrected chi connectivity index (χ1v) is 6.70. The van der Waals surface area contributed by atoms with Gasteiger partial charge in [-0.25, -0.2) is 13.1 Å². The Morgan fingerprint density at radius 2 is 2.12 bits per heavy atom. The van der Waals surface area contributed by atoms with Crippen molar-refractivity contribution >= 4 is 10.0 Å². The summed E-state index contributed by atoms with van der Waals surface area (Å²) in [6.07, 6.45) is 0. The Balaban J connectivity index is 2.59. The standard InChI is InChI=1S/C11H17NO3S/c1-10-4-3-5-11(8-10)9-16(13,14)12-6-7-15-2/h3-5,8,12H,6-7,9H2,1-2H3. The zero-order valence-corrected chi connectivity index (χ0v) is 10.4. The van der Waals surface area contributed by atoms with Crippen LogP contribution in [0.25, 0.3) is 0 Å². The Hall–Kier alpha value is -0.910. The molecule has 0 aliphatic rings. The van der Waals surface area contributed by atoms with Crippen molar-refractivity contribution in [3.05, 3.63) is 35.4 Å². The molecular formula is C11H17NO3S. The van der Waals surface area contributed by atoms with Gasteiger partial charge < -0.3 is 4.74 Å². The molecule has 4 nitrogen and oxygen atoms in total. The van der Waals surface area contributed by atoms with Crippen molar-refractivity contribution in [2.24, 2.45) is 0 Å². The van der Waals surface area contributed by atoms with E-state index >= 15 is 0 Å². The van der Waals surface area contributed by atoms with Gasteiger partial charge in [0.05, 0.1) is 12.4 Å². The van der Waals surface area contributed by atoms with E-state index in [0.29, 0.717) is 13.2 Å². The summed E-state index contributed by atoms with van der Waals surface area (Å²) in [5.41, 5.74) is 1.86. The van der Waals surface area contributed by atoms with Gasteiger partial charge in [-0.3, -0.25) is 0 Å². The summed E-state index contributed by atoms with van der Waals surface area (Å²) in [6, 6.07) is 7.47. The zero-order chi connectivity index (χ0) is 12.0. The molecule has 1 aromatic rings. The van der Waals surface area contributed by atoms with Crippen molar-refractivity contribution in [3.63, 3.8) is 0 Å². The lowest BCUT2D eigenvalue weighted by atomic mass is 10.2. The first kappa shape index (κ1) is 13.2. The average Bonchev–Trinajstić information content (AvgIpc) is 2.17. The van der Waals surface area contributed by atoms with Crippen molar-refractivity contribution in [1.82, 2.24) is 4.72 Å². The van der Waals surface area contributed by atoms with Crippen LogP contribution in [0, 0.1) is 6.92 Å². The third-order valence-corrected chi connectivity index (χ3v) is 3.42. The third-order valence-electron chi connectivity index (χ3n) is 2.07. The lowest BCUT2D eigenvalue weighted by Gasteiger charge is -2.06. The predicted octanol–water partition coefficient (Wildman–Crippen LogP) is 1.06. The third kappa shape index (κ3) is 4.74. The lowest BCUT2D eigenvalue weighted by Crippen LogP contribution is -2.28. The fourth-order valence-corrected chi connectivity index (χ4v) is 2.49. The normalized spacial score (nSPS) is 11.6. The number of rotatable bonds is 6. The Kier molecular flexibility index (Phi) is 4.92. The molecule has 0 radical (unpaired) electrons. The van der Waals surface area contributed by atoms with E-state index in [9.17, 15) is 8.42 Å². The zero-order valence-electron chi connectivity index (χ0n) is 9.56. The summed E-state index contributed by atoms with van der Waals surface area (Å²) in [4.78, 5) is 0. The summed E-state index contributed by atoms with van der Waals surface area (Å²) in [5.74, 6) is 0.0123. The molecule has 0 amide bonds. The smallest absolute Gasteiger partial charge is 0.215 e. The molecule has 90 valence electrons. The highest BCUT2D eigenvalue weighted by molar-refractivity contribution is 7.88. The average molecular weight is 243 g/mol. The van der Waals surface area contributed by atoms with Gasteiger partial charge >= 0.3 is 0 Å². The van der Waals surface area contributed by atoms with Crippen LogP contribution >= 0.6 is 0 Å². The molecule has 0 heterocycles. The second-order valence-corrected chi connectivity index (χ2v) is 5.44. The number of hydrogen-bond acceptors (Lipinski definition) is 3. The molecule has 0 aliphatic heterocycles. The molecule has 0 aliphatic carbocycles. The number of benzene rings is 1. The van der Waals surface area contributed by atoms with Gasteiger partial charge in [-0.1, -0.05) is 29.8 Å². The van der Waals surface area contributed by atoms with E-state index in [1.54, 1.807) is 0 Å². The predicted molar refractivity (Wildman–Crippen MR) is 63.7 cm³/mol. The van der Waals surface area contributed by atoms with Gasteiger partial charge in [0.15, 0.2) is 0 Å². The van der Waals surface area contributed by atoms with Crippen LogP contribution in [0.5, 0.6) is 0 Å². The largest absolute Gasteiger partial charge is 0.383 e. The van der Waals surface area contributed by atoms with Crippen LogP contribution in [0.15, 0.2) is 24.3 Å². The van der Waals surface area contributed by atoms with E-state index in [2.05, 4.69) is 4.72 Å². The fourth-order valence-electron chi connectivity index (χ4n) is 1.37. The molecule has 0 aromatic heterocycles. The first-order chi connectivity index (χ1) is 7.53. The molecule has 0 spiro atoms. The maximum Gasteiger partial charge on any atom is 0.215 e. The quantitative estimate of drug-likeness (QED) is 0.760. The second-order valence-electron chi connectivity index (χ2n) is 3.64. The highest BCUT2D eigenvalue weighted by atomic mass is 32.2. The molecule has 1 aromatic carbocycles. The highest BCUT2D eigenvalue weighted by Crippen LogP contribution is 2.07. The summed E-state index contributed by atoms with van der Waals surface area (Å²) < 4.78 is 30.5. The van der Waals surface area contributed by atoms with Crippen molar-refractivity contribution in [2.75, 3.05) is 20.3 Å². The van der Waals surface area contributed by atoms with Crippen LogP contribution in [0.3, 0.4) is 0 Å². The molecule has 5 heteroatoms.